The molecule has 0 bridgehead atoms. The summed E-state index contributed by atoms with van der Waals surface area (Å²) in [5, 5.41) is 7.30. The maximum absolute atomic E-state index is 5.70. The molecule has 4 rings (SSSR count). The highest BCUT2D eigenvalue weighted by molar-refractivity contribution is 7.80. The van der Waals surface area contributed by atoms with Crippen LogP contribution in [0.1, 0.15) is 48.6 Å². The minimum absolute atomic E-state index is 0.0198. The largest absolute Gasteiger partial charge is 0.352 e. The molecule has 0 aliphatic carbocycles. The lowest BCUT2D eigenvalue weighted by molar-refractivity contribution is 0.269. The number of hydrogen-bond acceptors (Lipinski definition) is 4. The quantitative estimate of drug-likeness (QED) is 0.664. The molecule has 0 unspecified atom stereocenters. The number of nitrogens with one attached hydrogen (secondary N) is 1. The van der Waals surface area contributed by atoms with Crippen molar-refractivity contribution in [2.75, 3.05) is 0 Å². The predicted molar refractivity (Wildman–Crippen MR) is 113 cm³/mol. The molecule has 1 aliphatic rings. The SMILES string of the molecule is Cc1cc([C@H]2[C@H](c3ccccn3)NC(=S)N2C(C)C)c(C)n1-c1nccs1. The summed E-state index contributed by atoms with van der Waals surface area (Å²) in [4.78, 5) is 11.4. The first-order valence-corrected chi connectivity index (χ1v) is 10.4. The van der Waals surface area contributed by atoms with Crippen LogP contribution in [0.4, 0.5) is 0 Å². The molecular weight excluding hydrogens is 374 g/mol. The number of hydrogen-bond donors (Lipinski definition) is 1. The normalized spacial score (nSPS) is 19.7. The van der Waals surface area contributed by atoms with E-state index in [-0.39, 0.29) is 18.1 Å². The third kappa shape index (κ3) is 3.04. The van der Waals surface area contributed by atoms with Crippen molar-refractivity contribution in [2.45, 2.75) is 45.8 Å². The average Bonchev–Trinajstić information content (AvgIpc) is 3.34. The Bertz CT molecular complexity index is 946. The van der Waals surface area contributed by atoms with Gasteiger partial charge in [-0.25, -0.2) is 4.98 Å². The van der Waals surface area contributed by atoms with Crippen molar-refractivity contribution in [1.82, 2.24) is 24.8 Å². The molecule has 0 aromatic carbocycles. The summed E-state index contributed by atoms with van der Waals surface area (Å²) in [6.07, 6.45) is 3.69. The zero-order valence-corrected chi connectivity index (χ0v) is 17.5. The van der Waals surface area contributed by atoms with Crippen molar-refractivity contribution in [3.05, 3.63) is 64.7 Å². The molecule has 2 atom stereocenters. The van der Waals surface area contributed by atoms with Gasteiger partial charge in [0, 0.05) is 35.2 Å². The Morgan fingerprint density at radius 3 is 2.63 bits per heavy atom. The topological polar surface area (TPSA) is 46.0 Å². The fourth-order valence-corrected chi connectivity index (χ4v) is 5.16. The van der Waals surface area contributed by atoms with E-state index in [9.17, 15) is 0 Å². The summed E-state index contributed by atoms with van der Waals surface area (Å²) in [5.74, 6) is 0. The minimum Gasteiger partial charge on any atom is -0.352 e. The van der Waals surface area contributed by atoms with Gasteiger partial charge in [-0.15, -0.1) is 11.3 Å². The maximum atomic E-state index is 5.70. The van der Waals surface area contributed by atoms with Gasteiger partial charge in [0.05, 0.1) is 17.8 Å². The molecule has 5 nitrogen and oxygen atoms in total. The van der Waals surface area contributed by atoms with Crippen LogP contribution >= 0.6 is 23.6 Å². The Hall–Kier alpha value is -2.25. The zero-order chi connectivity index (χ0) is 19.1. The third-order valence-corrected chi connectivity index (χ3v) is 6.18. The van der Waals surface area contributed by atoms with Gasteiger partial charge in [0.2, 0.25) is 0 Å². The summed E-state index contributed by atoms with van der Waals surface area (Å²) < 4.78 is 2.23. The summed E-state index contributed by atoms with van der Waals surface area (Å²) >= 11 is 7.35. The van der Waals surface area contributed by atoms with Crippen molar-refractivity contribution < 1.29 is 0 Å². The molecule has 140 valence electrons. The van der Waals surface area contributed by atoms with Gasteiger partial charge in [0.15, 0.2) is 10.2 Å². The number of pyridine rings is 1. The second kappa shape index (κ2) is 7.05. The highest BCUT2D eigenvalue weighted by Crippen LogP contribution is 2.42. The smallest absolute Gasteiger partial charge is 0.193 e. The first-order valence-electron chi connectivity index (χ1n) is 9.07. The Morgan fingerprint density at radius 1 is 1.19 bits per heavy atom. The first kappa shape index (κ1) is 18.1. The molecular formula is C20H23N5S2. The van der Waals surface area contributed by atoms with Gasteiger partial charge in [0.25, 0.3) is 0 Å². The second-order valence-electron chi connectivity index (χ2n) is 7.10. The van der Waals surface area contributed by atoms with Crippen LogP contribution in [-0.2, 0) is 0 Å². The van der Waals surface area contributed by atoms with E-state index in [1.165, 1.54) is 17.0 Å². The van der Waals surface area contributed by atoms with Gasteiger partial charge in [-0.1, -0.05) is 6.07 Å². The minimum atomic E-state index is 0.0198. The van der Waals surface area contributed by atoms with Crippen LogP contribution in [0.25, 0.3) is 5.13 Å². The van der Waals surface area contributed by atoms with E-state index in [0.29, 0.717) is 0 Å². The highest BCUT2D eigenvalue weighted by atomic mass is 32.1. The predicted octanol–water partition coefficient (Wildman–Crippen LogP) is 4.33. The lowest BCUT2D eigenvalue weighted by atomic mass is 9.96. The lowest BCUT2D eigenvalue weighted by Gasteiger charge is -2.31. The van der Waals surface area contributed by atoms with Gasteiger partial charge in [0.1, 0.15) is 0 Å². The van der Waals surface area contributed by atoms with Crippen molar-refractivity contribution in [1.29, 1.82) is 0 Å². The maximum Gasteiger partial charge on any atom is 0.193 e. The van der Waals surface area contributed by atoms with Crippen LogP contribution in [0.5, 0.6) is 0 Å². The van der Waals surface area contributed by atoms with Gasteiger partial charge >= 0.3 is 0 Å². The molecule has 7 heteroatoms. The number of aromatic nitrogens is 3. The van der Waals surface area contributed by atoms with Crippen LogP contribution in [0.3, 0.4) is 0 Å². The Balaban J connectivity index is 1.86. The molecule has 0 radical (unpaired) electrons. The van der Waals surface area contributed by atoms with Crippen LogP contribution in [0.2, 0.25) is 0 Å². The average molecular weight is 398 g/mol. The Morgan fingerprint density at radius 2 is 2.00 bits per heavy atom. The monoisotopic (exact) mass is 397 g/mol. The third-order valence-electron chi connectivity index (χ3n) is 5.09. The Kier molecular flexibility index (Phi) is 4.74. The van der Waals surface area contributed by atoms with E-state index < -0.39 is 0 Å². The van der Waals surface area contributed by atoms with E-state index in [1.807, 2.05) is 29.9 Å². The number of thiocarbonyl (C=S) groups is 1. The molecule has 1 fully saturated rings. The lowest BCUT2D eigenvalue weighted by Crippen LogP contribution is -2.35. The van der Waals surface area contributed by atoms with E-state index in [2.05, 4.69) is 64.6 Å². The number of aryl methyl sites for hydroxylation is 1. The van der Waals surface area contributed by atoms with Crippen molar-refractivity contribution in [3.63, 3.8) is 0 Å². The number of nitrogens with zero attached hydrogens (tertiary/aromatic N) is 4. The summed E-state index contributed by atoms with van der Waals surface area (Å²) in [7, 11) is 0. The standard InChI is InChI=1S/C20H23N5S2/c1-12(2)24-18(17(23-19(24)26)16-7-5-6-8-21-16)15-11-13(3)25(14(15)4)20-22-9-10-27-20/h5-12,17-18H,1-4H3,(H,23,26)/t17-,18-/m0/s1. The molecule has 0 amide bonds. The molecule has 0 spiro atoms. The van der Waals surface area contributed by atoms with E-state index in [1.54, 1.807) is 11.3 Å². The summed E-state index contributed by atoms with van der Waals surface area (Å²) in [6.45, 7) is 8.66. The van der Waals surface area contributed by atoms with Crippen LogP contribution in [-0.4, -0.2) is 30.6 Å². The van der Waals surface area contributed by atoms with E-state index in [0.717, 1.165) is 15.9 Å². The van der Waals surface area contributed by atoms with Crippen molar-refractivity contribution in [2.24, 2.45) is 0 Å². The van der Waals surface area contributed by atoms with Crippen LogP contribution in [0, 0.1) is 13.8 Å². The van der Waals surface area contributed by atoms with Gasteiger partial charge in [-0.05, 0) is 63.7 Å². The molecule has 0 saturated carbocycles. The first-order chi connectivity index (χ1) is 13.0. The van der Waals surface area contributed by atoms with Gasteiger partial charge in [-0.2, -0.15) is 0 Å². The fraction of sp³-hybridized carbons (Fsp3) is 0.350. The molecule has 1 N–H and O–H groups in total. The number of thiazole rings is 1. The molecule has 3 aromatic heterocycles. The van der Waals surface area contributed by atoms with Crippen molar-refractivity contribution in [3.8, 4) is 5.13 Å². The summed E-state index contributed by atoms with van der Waals surface area (Å²) in [5.41, 5.74) is 4.65. The van der Waals surface area contributed by atoms with Crippen molar-refractivity contribution >= 4 is 28.7 Å². The number of rotatable bonds is 4. The van der Waals surface area contributed by atoms with Crippen LogP contribution < -0.4 is 5.32 Å². The van der Waals surface area contributed by atoms with E-state index >= 15 is 0 Å². The molecule has 1 aliphatic heterocycles. The second-order valence-corrected chi connectivity index (χ2v) is 8.36. The Labute approximate surface area is 169 Å². The molecule has 1 saturated heterocycles. The zero-order valence-electron chi connectivity index (χ0n) is 15.9. The van der Waals surface area contributed by atoms with Gasteiger partial charge in [-0.3, -0.25) is 9.55 Å². The van der Waals surface area contributed by atoms with Crippen LogP contribution in [0.15, 0.2) is 42.0 Å². The fourth-order valence-electron chi connectivity index (χ4n) is 3.96. The summed E-state index contributed by atoms with van der Waals surface area (Å²) in [6, 6.07) is 8.70. The van der Waals surface area contributed by atoms with Gasteiger partial charge < -0.3 is 10.2 Å². The molecule has 4 heterocycles. The van der Waals surface area contributed by atoms with E-state index in [4.69, 9.17) is 12.2 Å². The molecule has 3 aromatic rings. The molecule has 27 heavy (non-hydrogen) atoms. The highest BCUT2D eigenvalue weighted by Gasteiger charge is 2.42.